The molecule has 6 nitrogen and oxygen atoms in total. The average molecular weight is 349 g/mol. The summed E-state index contributed by atoms with van der Waals surface area (Å²) in [4.78, 5) is 15.0. The molecular formula is C20H19N3O3. The zero-order valence-corrected chi connectivity index (χ0v) is 14.0. The van der Waals surface area contributed by atoms with E-state index in [2.05, 4.69) is 10.3 Å². The van der Waals surface area contributed by atoms with E-state index in [-0.39, 0.29) is 6.42 Å². The molecule has 0 spiro atoms. The molecular weight excluding hydrogens is 330 g/mol. The molecule has 0 amide bonds. The highest BCUT2D eigenvalue weighted by molar-refractivity contribution is 5.73. The predicted molar refractivity (Wildman–Crippen MR) is 99.8 cm³/mol. The highest BCUT2D eigenvalue weighted by Gasteiger charge is 2.11. The Bertz CT molecular complexity index is 850. The van der Waals surface area contributed by atoms with E-state index in [4.69, 9.17) is 15.6 Å². The van der Waals surface area contributed by atoms with E-state index in [1.165, 1.54) is 0 Å². The summed E-state index contributed by atoms with van der Waals surface area (Å²) in [5, 5.41) is 12.1. The molecule has 0 aliphatic rings. The molecule has 3 rings (SSSR count). The summed E-state index contributed by atoms with van der Waals surface area (Å²) in [5.41, 5.74) is 7.30. The first-order valence-electron chi connectivity index (χ1n) is 8.13. The number of rotatable bonds is 7. The van der Waals surface area contributed by atoms with E-state index in [1.54, 1.807) is 18.3 Å². The molecule has 0 aliphatic heterocycles. The fourth-order valence-corrected chi connectivity index (χ4v) is 2.36. The SMILES string of the molecule is NC(Cc1ccc(Oc2ccc(Nc3ccccn3)cc2)cc1)C(=O)O. The van der Waals surface area contributed by atoms with E-state index < -0.39 is 12.0 Å². The number of carbonyl (C=O) groups is 1. The Morgan fingerprint density at radius 1 is 1.04 bits per heavy atom. The molecule has 0 fully saturated rings. The molecule has 6 heteroatoms. The first kappa shape index (κ1) is 17.4. The minimum Gasteiger partial charge on any atom is -0.480 e. The fourth-order valence-electron chi connectivity index (χ4n) is 2.36. The van der Waals surface area contributed by atoms with Crippen LogP contribution in [-0.4, -0.2) is 22.1 Å². The molecule has 1 aromatic heterocycles. The molecule has 1 unspecified atom stereocenters. The molecule has 2 aromatic carbocycles. The van der Waals surface area contributed by atoms with Crippen molar-refractivity contribution in [1.29, 1.82) is 0 Å². The Kier molecular flexibility index (Phi) is 5.46. The van der Waals surface area contributed by atoms with Crippen molar-refractivity contribution in [3.8, 4) is 11.5 Å². The van der Waals surface area contributed by atoms with Crippen molar-refractivity contribution in [1.82, 2.24) is 4.98 Å². The highest BCUT2D eigenvalue weighted by Crippen LogP contribution is 2.24. The molecule has 0 saturated heterocycles. The lowest BCUT2D eigenvalue weighted by atomic mass is 10.1. The van der Waals surface area contributed by atoms with Crippen molar-refractivity contribution in [3.63, 3.8) is 0 Å². The molecule has 3 aromatic rings. The predicted octanol–water partition coefficient (Wildman–Crippen LogP) is 3.57. The van der Waals surface area contributed by atoms with Gasteiger partial charge in [0, 0.05) is 11.9 Å². The summed E-state index contributed by atoms with van der Waals surface area (Å²) in [6, 6.07) is 19.5. The van der Waals surface area contributed by atoms with E-state index in [9.17, 15) is 4.79 Å². The van der Waals surface area contributed by atoms with Crippen LogP contribution in [0, 0.1) is 0 Å². The van der Waals surface area contributed by atoms with E-state index in [0.29, 0.717) is 11.5 Å². The van der Waals surface area contributed by atoms with Crippen LogP contribution in [-0.2, 0) is 11.2 Å². The Labute approximate surface area is 151 Å². The lowest BCUT2D eigenvalue weighted by molar-refractivity contribution is -0.138. The molecule has 1 atom stereocenters. The van der Waals surface area contributed by atoms with Gasteiger partial charge in [0.2, 0.25) is 0 Å². The maximum atomic E-state index is 10.8. The highest BCUT2D eigenvalue weighted by atomic mass is 16.5. The fraction of sp³-hybridized carbons (Fsp3) is 0.100. The Morgan fingerprint density at radius 3 is 2.27 bits per heavy atom. The van der Waals surface area contributed by atoms with Crippen molar-refractivity contribution in [2.45, 2.75) is 12.5 Å². The van der Waals surface area contributed by atoms with Gasteiger partial charge in [-0.25, -0.2) is 4.98 Å². The summed E-state index contributed by atoms with van der Waals surface area (Å²) in [6.07, 6.45) is 2.01. The van der Waals surface area contributed by atoms with Gasteiger partial charge >= 0.3 is 5.97 Å². The number of ether oxygens (including phenoxy) is 1. The molecule has 0 aliphatic carbocycles. The molecule has 0 radical (unpaired) electrons. The van der Waals surface area contributed by atoms with Crippen molar-refractivity contribution in [2.24, 2.45) is 5.73 Å². The van der Waals surface area contributed by atoms with Gasteiger partial charge in [0.1, 0.15) is 23.4 Å². The first-order chi connectivity index (χ1) is 12.6. The number of carboxylic acid groups (broad SMARTS) is 1. The normalized spacial score (nSPS) is 11.6. The lowest BCUT2D eigenvalue weighted by Crippen LogP contribution is -2.32. The first-order valence-corrected chi connectivity index (χ1v) is 8.13. The van der Waals surface area contributed by atoms with Gasteiger partial charge in [-0.2, -0.15) is 0 Å². The van der Waals surface area contributed by atoms with Crippen LogP contribution in [0.25, 0.3) is 0 Å². The number of anilines is 2. The van der Waals surface area contributed by atoms with Gasteiger partial charge in [-0.05, 0) is 60.5 Å². The number of nitrogens with one attached hydrogen (secondary N) is 1. The smallest absolute Gasteiger partial charge is 0.320 e. The minimum absolute atomic E-state index is 0.281. The summed E-state index contributed by atoms with van der Waals surface area (Å²) in [5.74, 6) is 1.13. The Balaban J connectivity index is 1.59. The van der Waals surface area contributed by atoms with Gasteiger partial charge in [-0.3, -0.25) is 4.79 Å². The summed E-state index contributed by atoms with van der Waals surface area (Å²) in [7, 11) is 0. The number of aromatic nitrogens is 1. The quantitative estimate of drug-likeness (QED) is 0.603. The summed E-state index contributed by atoms with van der Waals surface area (Å²) < 4.78 is 5.80. The maximum absolute atomic E-state index is 10.8. The average Bonchev–Trinajstić information content (AvgIpc) is 2.66. The van der Waals surface area contributed by atoms with Crippen molar-refractivity contribution in [2.75, 3.05) is 5.32 Å². The second-order valence-corrected chi connectivity index (χ2v) is 5.76. The number of aliphatic carboxylic acids is 1. The summed E-state index contributed by atoms with van der Waals surface area (Å²) in [6.45, 7) is 0. The van der Waals surface area contributed by atoms with Gasteiger partial charge in [0.15, 0.2) is 0 Å². The zero-order chi connectivity index (χ0) is 18.4. The van der Waals surface area contributed by atoms with Crippen LogP contribution in [0.1, 0.15) is 5.56 Å². The van der Waals surface area contributed by atoms with Gasteiger partial charge in [0.05, 0.1) is 0 Å². The van der Waals surface area contributed by atoms with Crippen LogP contribution in [0.5, 0.6) is 11.5 Å². The third-order valence-corrected chi connectivity index (χ3v) is 3.72. The summed E-state index contributed by atoms with van der Waals surface area (Å²) >= 11 is 0. The van der Waals surface area contributed by atoms with E-state index >= 15 is 0 Å². The largest absolute Gasteiger partial charge is 0.480 e. The zero-order valence-electron chi connectivity index (χ0n) is 14.0. The third-order valence-electron chi connectivity index (χ3n) is 3.72. The minimum atomic E-state index is -1.01. The van der Waals surface area contributed by atoms with E-state index in [1.807, 2.05) is 54.6 Å². The lowest BCUT2D eigenvalue weighted by Gasteiger charge is -2.10. The van der Waals surface area contributed by atoms with Gasteiger partial charge < -0.3 is 20.9 Å². The second kappa shape index (κ2) is 8.13. The molecule has 0 saturated carbocycles. The molecule has 0 bridgehead atoms. The molecule has 26 heavy (non-hydrogen) atoms. The standard InChI is InChI=1S/C20H19N3O3/c21-18(20(24)25)13-14-4-8-16(9-5-14)26-17-10-6-15(7-11-17)23-19-3-1-2-12-22-19/h1-12,18H,13,21H2,(H,22,23)(H,24,25). The van der Waals surface area contributed by atoms with E-state index in [0.717, 1.165) is 17.1 Å². The molecule has 132 valence electrons. The number of benzene rings is 2. The maximum Gasteiger partial charge on any atom is 0.320 e. The van der Waals surface area contributed by atoms with Crippen LogP contribution in [0.4, 0.5) is 11.5 Å². The van der Waals surface area contributed by atoms with Crippen LogP contribution < -0.4 is 15.8 Å². The number of hydrogen-bond acceptors (Lipinski definition) is 5. The van der Waals surface area contributed by atoms with Crippen molar-refractivity contribution >= 4 is 17.5 Å². The number of nitrogens with two attached hydrogens (primary N) is 1. The monoisotopic (exact) mass is 349 g/mol. The van der Waals surface area contributed by atoms with Gasteiger partial charge in [-0.1, -0.05) is 18.2 Å². The van der Waals surface area contributed by atoms with Gasteiger partial charge in [0.25, 0.3) is 0 Å². The van der Waals surface area contributed by atoms with Crippen LogP contribution in [0.3, 0.4) is 0 Å². The number of pyridine rings is 1. The Morgan fingerprint density at radius 2 is 1.69 bits per heavy atom. The van der Waals surface area contributed by atoms with Crippen molar-refractivity contribution in [3.05, 3.63) is 78.5 Å². The van der Waals surface area contributed by atoms with Gasteiger partial charge in [-0.15, -0.1) is 0 Å². The topological polar surface area (TPSA) is 97.5 Å². The molecule has 1 heterocycles. The third kappa shape index (κ3) is 4.81. The Hall–Kier alpha value is -3.38. The van der Waals surface area contributed by atoms with Crippen molar-refractivity contribution < 1.29 is 14.6 Å². The van der Waals surface area contributed by atoms with Crippen LogP contribution >= 0.6 is 0 Å². The number of hydrogen-bond donors (Lipinski definition) is 3. The number of carboxylic acids is 1. The van der Waals surface area contributed by atoms with Crippen LogP contribution in [0.15, 0.2) is 72.9 Å². The number of nitrogens with zero attached hydrogens (tertiary/aromatic N) is 1. The van der Waals surface area contributed by atoms with Crippen LogP contribution in [0.2, 0.25) is 0 Å². The second-order valence-electron chi connectivity index (χ2n) is 5.76. The molecule has 4 N–H and O–H groups in total.